The van der Waals surface area contributed by atoms with Crippen molar-refractivity contribution in [1.82, 2.24) is 4.98 Å². The zero-order valence-electron chi connectivity index (χ0n) is 15.7. The minimum absolute atomic E-state index is 0.0568. The molecule has 1 fully saturated rings. The van der Waals surface area contributed by atoms with Crippen LogP contribution in [0.15, 0.2) is 41.6 Å². The number of benzene rings is 1. The Bertz CT molecular complexity index is 832. The van der Waals surface area contributed by atoms with E-state index in [4.69, 9.17) is 0 Å². The van der Waals surface area contributed by atoms with E-state index >= 15 is 0 Å². The third kappa shape index (κ3) is 5.10. The largest absolute Gasteiger partial charge is 0.326 e. The summed E-state index contributed by atoms with van der Waals surface area (Å²) in [6.45, 7) is 3.73. The van der Waals surface area contributed by atoms with Crippen LogP contribution in [0.5, 0.6) is 0 Å². The van der Waals surface area contributed by atoms with Crippen LogP contribution < -0.4 is 10.6 Å². The Kier molecular flexibility index (Phi) is 6.50. The molecule has 2 N–H and O–H groups in total. The van der Waals surface area contributed by atoms with Gasteiger partial charge in [-0.25, -0.2) is 4.98 Å². The van der Waals surface area contributed by atoms with Gasteiger partial charge in [-0.15, -0.1) is 11.8 Å². The third-order valence-electron chi connectivity index (χ3n) is 4.69. The average molecular weight is 384 g/mol. The van der Waals surface area contributed by atoms with Gasteiger partial charge in [0.1, 0.15) is 5.03 Å². The lowest BCUT2D eigenvalue weighted by atomic mass is 10.1. The molecule has 0 saturated heterocycles. The van der Waals surface area contributed by atoms with Crippen molar-refractivity contribution < 1.29 is 9.59 Å². The standard InChI is InChI=1S/C21H25N3O2S/c1-3-19(25)23-15-11-10-14(2)18(13-15)24-20(26)17-9-6-12-22-21(17)27-16-7-4-5-8-16/h6,9-13,16H,3-5,7-8H2,1-2H3,(H,23,25)(H,24,26). The van der Waals surface area contributed by atoms with Gasteiger partial charge in [0, 0.05) is 29.2 Å². The van der Waals surface area contributed by atoms with E-state index < -0.39 is 0 Å². The number of hydrogen-bond donors (Lipinski definition) is 2. The molecule has 1 heterocycles. The van der Waals surface area contributed by atoms with Crippen LogP contribution in [0.25, 0.3) is 0 Å². The normalized spacial score (nSPS) is 14.1. The number of rotatable bonds is 6. The van der Waals surface area contributed by atoms with Crippen LogP contribution in [0.4, 0.5) is 11.4 Å². The summed E-state index contributed by atoms with van der Waals surface area (Å²) in [6.07, 6.45) is 7.01. The Morgan fingerprint density at radius 2 is 1.96 bits per heavy atom. The first kappa shape index (κ1) is 19.4. The zero-order chi connectivity index (χ0) is 19.2. The Morgan fingerprint density at radius 1 is 1.19 bits per heavy atom. The van der Waals surface area contributed by atoms with Crippen LogP contribution >= 0.6 is 11.8 Å². The predicted octanol–water partition coefficient (Wildman–Crippen LogP) is 5.03. The second-order valence-electron chi connectivity index (χ2n) is 6.77. The zero-order valence-corrected chi connectivity index (χ0v) is 16.6. The minimum Gasteiger partial charge on any atom is -0.326 e. The van der Waals surface area contributed by atoms with Crippen molar-refractivity contribution in [3.8, 4) is 0 Å². The van der Waals surface area contributed by atoms with Crippen LogP contribution in [0.1, 0.15) is 54.9 Å². The lowest BCUT2D eigenvalue weighted by molar-refractivity contribution is -0.115. The van der Waals surface area contributed by atoms with Crippen molar-refractivity contribution in [2.45, 2.75) is 56.2 Å². The fourth-order valence-electron chi connectivity index (χ4n) is 3.10. The van der Waals surface area contributed by atoms with Gasteiger partial charge in [0.25, 0.3) is 5.91 Å². The van der Waals surface area contributed by atoms with Crippen LogP contribution in [0, 0.1) is 6.92 Å². The molecule has 2 aromatic rings. The van der Waals surface area contributed by atoms with Crippen LogP contribution in [0.3, 0.4) is 0 Å². The Balaban J connectivity index is 1.77. The Morgan fingerprint density at radius 3 is 2.70 bits per heavy atom. The number of aryl methyl sites for hydroxylation is 1. The minimum atomic E-state index is -0.175. The number of carbonyl (C=O) groups is 2. The summed E-state index contributed by atoms with van der Waals surface area (Å²) < 4.78 is 0. The first-order valence-electron chi connectivity index (χ1n) is 9.40. The van der Waals surface area contributed by atoms with Gasteiger partial charge in [-0.2, -0.15) is 0 Å². The quantitative estimate of drug-likeness (QED) is 0.734. The molecular formula is C21H25N3O2S. The number of pyridine rings is 1. The number of hydrogen-bond acceptors (Lipinski definition) is 4. The summed E-state index contributed by atoms with van der Waals surface area (Å²) in [6, 6.07) is 9.12. The molecule has 0 aliphatic heterocycles. The summed E-state index contributed by atoms with van der Waals surface area (Å²) in [4.78, 5) is 29.0. The monoisotopic (exact) mass is 383 g/mol. The molecule has 0 radical (unpaired) electrons. The van der Waals surface area contributed by atoms with E-state index in [1.54, 1.807) is 37.0 Å². The molecule has 27 heavy (non-hydrogen) atoms. The third-order valence-corrected chi connectivity index (χ3v) is 6.04. The lowest BCUT2D eigenvalue weighted by Gasteiger charge is -2.14. The fourth-order valence-corrected chi connectivity index (χ4v) is 4.39. The summed E-state index contributed by atoms with van der Waals surface area (Å²) in [7, 11) is 0. The van der Waals surface area contributed by atoms with E-state index in [2.05, 4.69) is 15.6 Å². The van der Waals surface area contributed by atoms with E-state index in [1.807, 2.05) is 25.1 Å². The molecule has 0 atom stereocenters. The highest BCUT2D eigenvalue weighted by molar-refractivity contribution is 7.99. The van der Waals surface area contributed by atoms with Gasteiger partial charge in [0.05, 0.1) is 5.56 Å². The summed E-state index contributed by atoms with van der Waals surface area (Å²) in [5.74, 6) is -0.232. The molecule has 1 aliphatic carbocycles. The highest BCUT2D eigenvalue weighted by atomic mass is 32.2. The number of thioether (sulfide) groups is 1. The SMILES string of the molecule is CCC(=O)Nc1ccc(C)c(NC(=O)c2cccnc2SC2CCCC2)c1. The van der Waals surface area contributed by atoms with Crippen LogP contribution in [-0.2, 0) is 4.79 Å². The first-order chi connectivity index (χ1) is 13.1. The van der Waals surface area contributed by atoms with Crippen molar-refractivity contribution in [3.63, 3.8) is 0 Å². The second-order valence-corrected chi connectivity index (χ2v) is 8.06. The molecule has 2 amide bonds. The lowest BCUT2D eigenvalue weighted by Crippen LogP contribution is -2.16. The maximum Gasteiger partial charge on any atom is 0.258 e. The van der Waals surface area contributed by atoms with Gasteiger partial charge >= 0.3 is 0 Å². The van der Waals surface area contributed by atoms with E-state index in [0.29, 0.717) is 28.6 Å². The van der Waals surface area contributed by atoms with Gasteiger partial charge < -0.3 is 10.6 Å². The first-order valence-corrected chi connectivity index (χ1v) is 10.3. The molecule has 1 aromatic carbocycles. The molecule has 142 valence electrons. The molecule has 3 rings (SSSR count). The smallest absolute Gasteiger partial charge is 0.258 e. The van der Waals surface area contributed by atoms with Crippen molar-refractivity contribution in [2.75, 3.05) is 10.6 Å². The number of nitrogens with one attached hydrogen (secondary N) is 2. The number of aromatic nitrogens is 1. The predicted molar refractivity (Wildman–Crippen MR) is 110 cm³/mol. The van der Waals surface area contributed by atoms with Gasteiger partial charge in [-0.05, 0) is 49.6 Å². The topological polar surface area (TPSA) is 71.1 Å². The molecule has 1 aromatic heterocycles. The van der Waals surface area contributed by atoms with Gasteiger partial charge in [-0.1, -0.05) is 25.8 Å². The Labute approximate surface area is 164 Å². The molecule has 1 saturated carbocycles. The molecule has 0 bridgehead atoms. The van der Waals surface area contributed by atoms with E-state index in [0.717, 1.165) is 10.6 Å². The van der Waals surface area contributed by atoms with Crippen molar-refractivity contribution in [2.24, 2.45) is 0 Å². The highest BCUT2D eigenvalue weighted by Crippen LogP contribution is 2.35. The van der Waals surface area contributed by atoms with E-state index in [9.17, 15) is 9.59 Å². The molecule has 1 aliphatic rings. The van der Waals surface area contributed by atoms with Crippen LogP contribution in [-0.4, -0.2) is 22.0 Å². The van der Waals surface area contributed by atoms with Crippen molar-refractivity contribution >= 4 is 35.0 Å². The van der Waals surface area contributed by atoms with Crippen LogP contribution in [0.2, 0.25) is 0 Å². The van der Waals surface area contributed by atoms with Gasteiger partial charge in [0.15, 0.2) is 0 Å². The number of amides is 2. The van der Waals surface area contributed by atoms with Crippen molar-refractivity contribution in [3.05, 3.63) is 47.7 Å². The number of anilines is 2. The molecule has 5 nitrogen and oxygen atoms in total. The molecular weight excluding hydrogens is 358 g/mol. The Hall–Kier alpha value is -2.34. The maximum absolute atomic E-state index is 12.9. The summed E-state index contributed by atoms with van der Waals surface area (Å²) in [5, 5.41) is 7.13. The molecule has 0 unspecified atom stereocenters. The van der Waals surface area contributed by atoms with E-state index in [1.165, 1.54) is 25.7 Å². The molecule has 6 heteroatoms. The average Bonchev–Trinajstić information content (AvgIpc) is 3.17. The number of nitrogens with zero attached hydrogens (tertiary/aromatic N) is 1. The van der Waals surface area contributed by atoms with E-state index in [-0.39, 0.29) is 11.8 Å². The summed E-state index contributed by atoms with van der Waals surface area (Å²) in [5.41, 5.74) is 2.90. The fraction of sp³-hybridized carbons (Fsp3) is 0.381. The number of carbonyl (C=O) groups excluding carboxylic acids is 2. The maximum atomic E-state index is 12.9. The highest BCUT2D eigenvalue weighted by Gasteiger charge is 2.21. The van der Waals surface area contributed by atoms with Crippen molar-refractivity contribution in [1.29, 1.82) is 0 Å². The second kappa shape index (κ2) is 9.04. The van der Waals surface area contributed by atoms with Gasteiger partial charge in [0.2, 0.25) is 5.91 Å². The molecule has 0 spiro atoms. The van der Waals surface area contributed by atoms with Gasteiger partial charge in [-0.3, -0.25) is 9.59 Å². The summed E-state index contributed by atoms with van der Waals surface area (Å²) >= 11 is 1.71.